The van der Waals surface area contributed by atoms with Crippen LogP contribution in [0, 0.1) is 18.7 Å². The van der Waals surface area contributed by atoms with Gasteiger partial charge in [-0.3, -0.25) is 0 Å². The summed E-state index contributed by atoms with van der Waals surface area (Å²) in [5, 5.41) is 0. The zero-order valence-corrected chi connectivity index (χ0v) is 11.5. The maximum atomic E-state index is 13.3. The van der Waals surface area contributed by atoms with E-state index < -0.39 is 0 Å². The third kappa shape index (κ3) is 2.41. The molecule has 2 aromatic carbocycles. The topological polar surface area (TPSA) is 35.2 Å². The highest BCUT2D eigenvalue weighted by atomic mass is 19.1. The Morgan fingerprint density at radius 3 is 2.85 bits per heavy atom. The molecule has 3 rings (SSSR count). The van der Waals surface area contributed by atoms with Crippen molar-refractivity contribution in [2.75, 3.05) is 6.61 Å². The van der Waals surface area contributed by atoms with E-state index in [1.807, 2.05) is 24.3 Å². The highest BCUT2D eigenvalue weighted by Gasteiger charge is 2.26. The van der Waals surface area contributed by atoms with Crippen molar-refractivity contribution in [2.45, 2.75) is 19.4 Å². The lowest BCUT2D eigenvalue weighted by molar-refractivity contribution is 0.200. The summed E-state index contributed by atoms with van der Waals surface area (Å²) in [6, 6.07) is 13.0. The van der Waals surface area contributed by atoms with Crippen molar-refractivity contribution >= 4 is 0 Å². The first-order chi connectivity index (χ1) is 9.65. The van der Waals surface area contributed by atoms with E-state index in [0.29, 0.717) is 12.2 Å². The monoisotopic (exact) mass is 271 g/mol. The van der Waals surface area contributed by atoms with E-state index in [-0.39, 0.29) is 17.8 Å². The summed E-state index contributed by atoms with van der Waals surface area (Å²) in [4.78, 5) is 0. The number of fused-ring (bicyclic) bond motifs is 1. The van der Waals surface area contributed by atoms with Gasteiger partial charge in [0.15, 0.2) is 0 Å². The van der Waals surface area contributed by atoms with Gasteiger partial charge in [0.1, 0.15) is 11.6 Å². The van der Waals surface area contributed by atoms with Crippen molar-refractivity contribution in [3.8, 4) is 5.75 Å². The smallest absolute Gasteiger partial charge is 0.126 e. The lowest BCUT2D eigenvalue weighted by atomic mass is 9.86. The SMILES string of the molecule is Cc1cc(C(N)C2COc3ccccc3C2)ccc1F. The van der Waals surface area contributed by atoms with Crippen LogP contribution in [0.3, 0.4) is 0 Å². The van der Waals surface area contributed by atoms with Crippen LogP contribution < -0.4 is 10.5 Å². The molecule has 20 heavy (non-hydrogen) atoms. The average Bonchev–Trinajstić information content (AvgIpc) is 2.49. The summed E-state index contributed by atoms with van der Waals surface area (Å²) < 4.78 is 19.1. The molecule has 104 valence electrons. The van der Waals surface area contributed by atoms with Gasteiger partial charge in [-0.05, 0) is 42.2 Å². The van der Waals surface area contributed by atoms with Gasteiger partial charge in [0.25, 0.3) is 0 Å². The van der Waals surface area contributed by atoms with E-state index in [2.05, 4.69) is 6.07 Å². The van der Waals surface area contributed by atoms with E-state index in [0.717, 1.165) is 17.7 Å². The second kappa shape index (κ2) is 5.25. The van der Waals surface area contributed by atoms with Crippen LogP contribution in [0.2, 0.25) is 0 Å². The number of hydrogen-bond acceptors (Lipinski definition) is 2. The summed E-state index contributed by atoms with van der Waals surface area (Å²) >= 11 is 0. The molecule has 0 aliphatic carbocycles. The maximum absolute atomic E-state index is 13.3. The first kappa shape index (κ1) is 13.1. The van der Waals surface area contributed by atoms with Gasteiger partial charge in [0, 0.05) is 12.0 Å². The zero-order valence-electron chi connectivity index (χ0n) is 11.5. The van der Waals surface area contributed by atoms with Crippen molar-refractivity contribution in [2.24, 2.45) is 11.7 Å². The Labute approximate surface area is 118 Å². The number of benzene rings is 2. The van der Waals surface area contributed by atoms with E-state index >= 15 is 0 Å². The number of aryl methyl sites for hydroxylation is 1. The molecule has 0 saturated carbocycles. The lowest BCUT2D eigenvalue weighted by Gasteiger charge is -2.30. The summed E-state index contributed by atoms with van der Waals surface area (Å²) in [5.41, 5.74) is 9.14. The predicted octanol–water partition coefficient (Wildman–Crippen LogP) is 3.39. The minimum Gasteiger partial charge on any atom is -0.493 e. The van der Waals surface area contributed by atoms with Gasteiger partial charge < -0.3 is 10.5 Å². The van der Waals surface area contributed by atoms with Crippen LogP contribution in [0.15, 0.2) is 42.5 Å². The Morgan fingerprint density at radius 2 is 2.05 bits per heavy atom. The predicted molar refractivity (Wildman–Crippen MR) is 77.2 cm³/mol. The Bertz CT molecular complexity index is 626. The largest absolute Gasteiger partial charge is 0.493 e. The van der Waals surface area contributed by atoms with Crippen LogP contribution in [0.25, 0.3) is 0 Å². The first-order valence-corrected chi connectivity index (χ1v) is 6.87. The second-order valence-electron chi connectivity index (χ2n) is 5.42. The molecule has 0 fully saturated rings. The second-order valence-corrected chi connectivity index (χ2v) is 5.42. The fourth-order valence-corrected chi connectivity index (χ4v) is 2.73. The molecule has 0 amide bonds. The molecule has 0 spiro atoms. The molecule has 2 atom stereocenters. The molecule has 3 heteroatoms. The molecule has 2 unspecified atom stereocenters. The summed E-state index contributed by atoms with van der Waals surface area (Å²) in [5.74, 6) is 0.979. The number of halogens is 1. The Kier molecular flexibility index (Phi) is 3.45. The molecule has 0 bridgehead atoms. The fourth-order valence-electron chi connectivity index (χ4n) is 2.73. The number of nitrogens with two attached hydrogens (primary N) is 1. The molecule has 1 aliphatic rings. The number of para-hydroxylation sites is 1. The van der Waals surface area contributed by atoms with Gasteiger partial charge in [-0.25, -0.2) is 4.39 Å². The van der Waals surface area contributed by atoms with Gasteiger partial charge in [0.2, 0.25) is 0 Å². The van der Waals surface area contributed by atoms with Crippen molar-refractivity contribution in [3.63, 3.8) is 0 Å². The van der Waals surface area contributed by atoms with Crippen LogP contribution in [-0.4, -0.2) is 6.61 Å². The molecule has 2 aromatic rings. The van der Waals surface area contributed by atoms with Gasteiger partial charge in [-0.1, -0.05) is 30.3 Å². The molecule has 0 saturated heterocycles. The molecule has 2 N–H and O–H groups in total. The summed E-state index contributed by atoms with van der Waals surface area (Å²) in [6.45, 7) is 2.37. The highest BCUT2D eigenvalue weighted by molar-refractivity contribution is 5.36. The van der Waals surface area contributed by atoms with Crippen LogP contribution in [0.5, 0.6) is 5.75 Å². The molecular formula is C17H18FNO. The Balaban J connectivity index is 1.82. The number of rotatable bonds is 2. The van der Waals surface area contributed by atoms with Crippen LogP contribution in [0.1, 0.15) is 22.7 Å². The molecule has 0 aromatic heterocycles. The van der Waals surface area contributed by atoms with Crippen molar-refractivity contribution < 1.29 is 9.13 Å². The fraction of sp³-hybridized carbons (Fsp3) is 0.294. The number of ether oxygens (including phenoxy) is 1. The van der Waals surface area contributed by atoms with Crippen molar-refractivity contribution in [1.82, 2.24) is 0 Å². The third-order valence-electron chi connectivity index (χ3n) is 3.98. The Morgan fingerprint density at radius 1 is 1.25 bits per heavy atom. The summed E-state index contributed by atoms with van der Waals surface area (Å²) in [6.07, 6.45) is 0.897. The van der Waals surface area contributed by atoms with E-state index in [1.54, 1.807) is 13.0 Å². The van der Waals surface area contributed by atoms with Gasteiger partial charge in [-0.2, -0.15) is 0 Å². The zero-order chi connectivity index (χ0) is 14.1. The standard InChI is InChI=1S/C17H18FNO/c1-11-8-13(6-7-15(11)18)17(19)14-9-12-4-2-3-5-16(12)20-10-14/h2-8,14,17H,9-10,19H2,1H3. The third-order valence-corrected chi connectivity index (χ3v) is 3.98. The van der Waals surface area contributed by atoms with Gasteiger partial charge in [-0.15, -0.1) is 0 Å². The van der Waals surface area contributed by atoms with E-state index in [1.165, 1.54) is 11.6 Å². The first-order valence-electron chi connectivity index (χ1n) is 6.87. The molecule has 2 nitrogen and oxygen atoms in total. The number of hydrogen-bond donors (Lipinski definition) is 1. The van der Waals surface area contributed by atoms with Crippen molar-refractivity contribution in [1.29, 1.82) is 0 Å². The highest BCUT2D eigenvalue weighted by Crippen LogP contribution is 2.32. The minimum atomic E-state index is -0.189. The molecule has 0 radical (unpaired) electrons. The maximum Gasteiger partial charge on any atom is 0.126 e. The van der Waals surface area contributed by atoms with Crippen LogP contribution in [-0.2, 0) is 6.42 Å². The Hall–Kier alpha value is -1.87. The van der Waals surface area contributed by atoms with Crippen LogP contribution >= 0.6 is 0 Å². The molecule has 1 heterocycles. The van der Waals surface area contributed by atoms with Gasteiger partial charge in [0.05, 0.1) is 6.61 Å². The van der Waals surface area contributed by atoms with E-state index in [9.17, 15) is 4.39 Å². The summed E-state index contributed by atoms with van der Waals surface area (Å²) in [7, 11) is 0. The normalized spacial score (nSPS) is 19.1. The van der Waals surface area contributed by atoms with Crippen molar-refractivity contribution in [3.05, 3.63) is 65.0 Å². The minimum absolute atomic E-state index is 0.136. The molecular weight excluding hydrogens is 253 g/mol. The quantitative estimate of drug-likeness (QED) is 0.908. The van der Waals surface area contributed by atoms with Crippen LogP contribution in [0.4, 0.5) is 4.39 Å². The average molecular weight is 271 g/mol. The lowest BCUT2D eigenvalue weighted by Crippen LogP contribution is -2.31. The van der Waals surface area contributed by atoms with Gasteiger partial charge >= 0.3 is 0 Å². The van der Waals surface area contributed by atoms with E-state index in [4.69, 9.17) is 10.5 Å². The molecule has 1 aliphatic heterocycles.